The van der Waals surface area contributed by atoms with Gasteiger partial charge in [-0.1, -0.05) is 34.6 Å². The molecule has 0 fully saturated rings. The van der Waals surface area contributed by atoms with Gasteiger partial charge in [-0.15, -0.1) is 0 Å². The molecule has 0 heterocycles. The van der Waals surface area contributed by atoms with Crippen LogP contribution in [0, 0.1) is 0 Å². The standard InChI is InChI=1S/C19H18BrNO5/c1-12(25-2)16-11-13(20)7-8-17(16)26-10-9-21-18(22)14-5-3-4-6-15(14)19(23)24/h3-8,11H,1,9-10H2,2H3,(H,21,22)(H,23,24). The molecule has 2 aromatic rings. The SMILES string of the molecule is C=C(OC)c1cc(Br)ccc1OCCNC(=O)c1ccccc1C(=O)O. The molecule has 0 saturated heterocycles. The first-order chi connectivity index (χ1) is 12.4. The van der Waals surface area contributed by atoms with Gasteiger partial charge in [-0.3, -0.25) is 4.79 Å². The largest absolute Gasteiger partial charge is 0.497 e. The topological polar surface area (TPSA) is 84.9 Å². The fraction of sp³-hybridized carbons (Fsp3) is 0.158. The highest BCUT2D eigenvalue weighted by Crippen LogP contribution is 2.28. The maximum Gasteiger partial charge on any atom is 0.336 e. The summed E-state index contributed by atoms with van der Waals surface area (Å²) >= 11 is 3.38. The number of aromatic carboxylic acids is 1. The molecule has 2 N–H and O–H groups in total. The molecule has 0 bridgehead atoms. The van der Waals surface area contributed by atoms with Crippen LogP contribution >= 0.6 is 15.9 Å². The minimum Gasteiger partial charge on any atom is -0.497 e. The Morgan fingerprint density at radius 1 is 1.15 bits per heavy atom. The predicted octanol–water partition coefficient (Wildman–Crippen LogP) is 3.57. The number of nitrogens with one attached hydrogen (secondary N) is 1. The summed E-state index contributed by atoms with van der Waals surface area (Å²) < 4.78 is 11.7. The van der Waals surface area contributed by atoms with Gasteiger partial charge in [0.25, 0.3) is 5.91 Å². The van der Waals surface area contributed by atoms with E-state index < -0.39 is 11.9 Å². The number of carboxylic acid groups (broad SMARTS) is 1. The van der Waals surface area contributed by atoms with Gasteiger partial charge in [0.1, 0.15) is 18.1 Å². The third kappa shape index (κ3) is 4.86. The molecule has 6 nitrogen and oxygen atoms in total. The number of carbonyl (C=O) groups excluding carboxylic acids is 1. The first-order valence-corrected chi connectivity index (χ1v) is 8.49. The van der Waals surface area contributed by atoms with E-state index >= 15 is 0 Å². The van der Waals surface area contributed by atoms with E-state index in [-0.39, 0.29) is 24.3 Å². The van der Waals surface area contributed by atoms with Crippen LogP contribution in [0.5, 0.6) is 5.75 Å². The second-order valence-electron chi connectivity index (χ2n) is 5.22. The molecule has 2 rings (SSSR count). The Balaban J connectivity index is 1.97. The van der Waals surface area contributed by atoms with Crippen molar-refractivity contribution in [1.29, 1.82) is 0 Å². The number of benzene rings is 2. The number of rotatable bonds is 8. The summed E-state index contributed by atoms with van der Waals surface area (Å²) in [6, 6.07) is 11.5. The Labute approximate surface area is 159 Å². The van der Waals surface area contributed by atoms with Gasteiger partial charge in [-0.25, -0.2) is 4.79 Å². The van der Waals surface area contributed by atoms with Crippen LogP contribution in [0.15, 0.2) is 53.5 Å². The molecular weight excluding hydrogens is 402 g/mol. The fourth-order valence-electron chi connectivity index (χ4n) is 2.24. The predicted molar refractivity (Wildman–Crippen MR) is 101 cm³/mol. The molecule has 0 unspecified atom stereocenters. The Kier molecular flexibility index (Phi) is 6.80. The lowest BCUT2D eigenvalue weighted by atomic mass is 10.1. The molecule has 0 spiro atoms. The molecule has 0 aliphatic carbocycles. The average molecular weight is 420 g/mol. The van der Waals surface area contributed by atoms with Crippen LogP contribution in [-0.4, -0.2) is 37.2 Å². The van der Waals surface area contributed by atoms with E-state index in [0.29, 0.717) is 17.1 Å². The number of ether oxygens (including phenoxy) is 2. The summed E-state index contributed by atoms with van der Waals surface area (Å²) in [4.78, 5) is 23.3. The third-order valence-corrected chi connectivity index (χ3v) is 4.03. The number of hydrogen-bond acceptors (Lipinski definition) is 4. The highest BCUT2D eigenvalue weighted by Gasteiger charge is 2.15. The van der Waals surface area contributed by atoms with E-state index in [9.17, 15) is 9.59 Å². The lowest BCUT2D eigenvalue weighted by molar-refractivity contribution is 0.0691. The van der Waals surface area contributed by atoms with Gasteiger partial charge >= 0.3 is 5.97 Å². The van der Waals surface area contributed by atoms with Crippen molar-refractivity contribution in [1.82, 2.24) is 5.32 Å². The van der Waals surface area contributed by atoms with Gasteiger partial charge < -0.3 is 19.9 Å². The van der Waals surface area contributed by atoms with Crippen LogP contribution in [-0.2, 0) is 4.74 Å². The van der Waals surface area contributed by atoms with E-state index in [1.807, 2.05) is 12.1 Å². The number of halogens is 1. The number of amides is 1. The zero-order valence-corrected chi connectivity index (χ0v) is 15.7. The molecular formula is C19H18BrNO5. The number of hydrogen-bond donors (Lipinski definition) is 2. The second-order valence-corrected chi connectivity index (χ2v) is 6.14. The zero-order valence-electron chi connectivity index (χ0n) is 14.1. The minimum atomic E-state index is -1.15. The van der Waals surface area contributed by atoms with Crippen LogP contribution in [0.2, 0.25) is 0 Å². The average Bonchev–Trinajstić information content (AvgIpc) is 2.65. The Hall–Kier alpha value is -2.80. The summed E-state index contributed by atoms with van der Waals surface area (Å²) in [5, 5.41) is 11.8. The lowest BCUT2D eigenvalue weighted by Gasteiger charge is -2.14. The first-order valence-electron chi connectivity index (χ1n) is 7.70. The van der Waals surface area contributed by atoms with E-state index in [4.69, 9.17) is 14.6 Å². The van der Waals surface area contributed by atoms with Crippen molar-refractivity contribution in [2.45, 2.75) is 0 Å². The monoisotopic (exact) mass is 419 g/mol. The summed E-state index contributed by atoms with van der Waals surface area (Å²) in [6.45, 7) is 4.23. The van der Waals surface area contributed by atoms with Crippen LogP contribution < -0.4 is 10.1 Å². The number of methoxy groups -OCH3 is 1. The highest BCUT2D eigenvalue weighted by atomic mass is 79.9. The fourth-order valence-corrected chi connectivity index (χ4v) is 2.61. The molecule has 2 aromatic carbocycles. The molecule has 26 heavy (non-hydrogen) atoms. The quantitative estimate of drug-likeness (QED) is 0.504. The van der Waals surface area contributed by atoms with Crippen LogP contribution in [0.3, 0.4) is 0 Å². The smallest absolute Gasteiger partial charge is 0.336 e. The minimum absolute atomic E-state index is 0.0440. The Bertz CT molecular complexity index is 834. The molecule has 0 atom stereocenters. The van der Waals surface area contributed by atoms with Gasteiger partial charge in [0.15, 0.2) is 0 Å². The van der Waals surface area contributed by atoms with Gasteiger partial charge in [-0.2, -0.15) is 0 Å². The van der Waals surface area contributed by atoms with E-state index in [2.05, 4.69) is 27.8 Å². The molecule has 0 aliphatic heterocycles. The molecule has 136 valence electrons. The van der Waals surface area contributed by atoms with Crippen molar-refractivity contribution in [3.8, 4) is 5.75 Å². The molecule has 1 amide bonds. The van der Waals surface area contributed by atoms with Crippen molar-refractivity contribution in [2.24, 2.45) is 0 Å². The van der Waals surface area contributed by atoms with Crippen molar-refractivity contribution in [2.75, 3.05) is 20.3 Å². The van der Waals surface area contributed by atoms with Gasteiger partial charge in [0.05, 0.1) is 30.3 Å². The van der Waals surface area contributed by atoms with Crippen molar-refractivity contribution in [3.05, 3.63) is 70.2 Å². The van der Waals surface area contributed by atoms with Gasteiger partial charge in [0.2, 0.25) is 0 Å². The summed E-state index contributed by atoms with van der Waals surface area (Å²) in [5.74, 6) is -0.588. The Morgan fingerprint density at radius 3 is 2.50 bits per heavy atom. The maximum absolute atomic E-state index is 12.2. The van der Waals surface area contributed by atoms with Crippen LogP contribution in [0.4, 0.5) is 0 Å². The number of carboxylic acids is 1. The van der Waals surface area contributed by atoms with Gasteiger partial charge in [-0.05, 0) is 30.3 Å². The van der Waals surface area contributed by atoms with Gasteiger partial charge in [0, 0.05) is 4.47 Å². The summed E-state index contributed by atoms with van der Waals surface area (Å²) in [6.07, 6.45) is 0. The highest BCUT2D eigenvalue weighted by molar-refractivity contribution is 9.10. The molecule has 0 aromatic heterocycles. The third-order valence-electron chi connectivity index (χ3n) is 3.54. The van der Waals surface area contributed by atoms with Crippen LogP contribution in [0.1, 0.15) is 26.3 Å². The summed E-state index contributed by atoms with van der Waals surface area (Å²) in [5.41, 5.74) is 0.763. The molecule has 0 saturated carbocycles. The second kappa shape index (κ2) is 9.05. The normalized spacial score (nSPS) is 10.1. The van der Waals surface area contributed by atoms with Crippen molar-refractivity contribution in [3.63, 3.8) is 0 Å². The zero-order chi connectivity index (χ0) is 19.1. The Morgan fingerprint density at radius 2 is 1.85 bits per heavy atom. The van der Waals surface area contributed by atoms with E-state index in [0.717, 1.165) is 4.47 Å². The molecule has 7 heteroatoms. The van der Waals surface area contributed by atoms with Crippen molar-refractivity contribution < 1.29 is 24.2 Å². The summed E-state index contributed by atoms with van der Waals surface area (Å²) in [7, 11) is 1.52. The maximum atomic E-state index is 12.2. The van der Waals surface area contributed by atoms with Crippen molar-refractivity contribution >= 4 is 33.6 Å². The molecule has 0 radical (unpaired) electrons. The molecule has 0 aliphatic rings. The van der Waals surface area contributed by atoms with E-state index in [1.54, 1.807) is 18.2 Å². The first kappa shape index (κ1) is 19.5. The van der Waals surface area contributed by atoms with Crippen LogP contribution in [0.25, 0.3) is 5.76 Å². The van der Waals surface area contributed by atoms with E-state index in [1.165, 1.54) is 19.2 Å². The number of carbonyl (C=O) groups is 2. The lowest BCUT2D eigenvalue weighted by Crippen LogP contribution is -2.29.